The molecule has 1 saturated heterocycles. The number of carbonyl (C=O) groups is 3. The minimum Gasteiger partial charge on any atom is -0.312 e. The lowest BCUT2D eigenvalue weighted by Crippen LogP contribution is -2.52. The summed E-state index contributed by atoms with van der Waals surface area (Å²) in [6, 6.07) is 3.09. The van der Waals surface area contributed by atoms with Crippen molar-refractivity contribution in [1.82, 2.24) is 10.6 Å². The lowest BCUT2D eigenvalue weighted by molar-refractivity contribution is -0.133. The highest BCUT2D eigenvalue weighted by molar-refractivity contribution is 6.27. The van der Waals surface area contributed by atoms with Crippen molar-refractivity contribution >= 4 is 23.5 Å². The molecule has 2 heterocycles. The van der Waals surface area contributed by atoms with Crippen molar-refractivity contribution in [2.24, 2.45) is 5.92 Å². The zero-order valence-electron chi connectivity index (χ0n) is 12.3. The third-order valence-corrected chi connectivity index (χ3v) is 4.02. The van der Waals surface area contributed by atoms with Gasteiger partial charge in [0, 0.05) is 12.1 Å². The second-order valence-corrected chi connectivity index (χ2v) is 5.96. The van der Waals surface area contributed by atoms with Crippen LogP contribution in [-0.4, -0.2) is 24.4 Å². The van der Waals surface area contributed by atoms with Gasteiger partial charge in [-0.3, -0.25) is 14.9 Å². The Kier molecular flexibility index (Phi) is 3.16. The van der Waals surface area contributed by atoms with Gasteiger partial charge in [-0.05, 0) is 30.5 Å². The van der Waals surface area contributed by atoms with Crippen LogP contribution in [-0.2, 0) is 15.1 Å². The molecule has 2 aliphatic heterocycles. The summed E-state index contributed by atoms with van der Waals surface area (Å²) < 4.78 is 13.6. The van der Waals surface area contributed by atoms with Crippen LogP contribution < -0.4 is 15.5 Å². The van der Waals surface area contributed by atoms with Gasteiger partial charge in [0.2, 0.25) is 5.54 Å². The van der Waals surface area contributed by atoms with Gasteiger partial charge in [0.1, 0.15) is 5.82 Å². The Morgan fingerprint density at radius 2 is 2.00 bits per heavy atom. The summed E-state index contributed by atoms with van der Waals surface area (Å²) in [5, 5.41) is 4.44. The van der Waals surface area contributed by atoms with E-state index in [0.29, 0.717) is 18.2 Å². The molecule has 0 radical (unpaired) electrons. The number of fused-ring (bicyclic) bond motifs is 2. The van der Waals surface area contributed by atoms with Crippen molar-refractivity contribution < 1.29 is 18.8 Å². The van der Waals surface area contributed by atoms with Crippen LogP contribution in [0.25, 0.3) is 0 Å². The van der Waals surface area contributed by atoms with E-state index >= 15 is 0 Å². The number of nitrogens with one attached hydrogen (secondary N) is 2. The molecule has 7 heteroatoms. The first kappa shape index (κ1) is 14.5. The van der Waals surface area contributed by atoms with Gasteiger partial charge in [-0.15, -0.1) is 0 Å². The summed E-state index contributed by atoms with van der Waals surface area (Å²) in [6.45, 7) is 4.44. The molecule has 22 heavy (non-hydrogen) atoms. The van der Waals surface area contributed by atoms with Crippen molar-refractivity contribution in [2.75, 3.05) is 11.4 Å². The maximum Gasteiger partial charge on any atom is 0.323 e. The van der Waals surface area contributed by atoms with Gasteiger partial charge in [0.25, 0.3) is 11.8 Å². The van der Waals surface area contributed by atoms with E-state index in [2.05, 4.69) is 10.6 Å². The van der Waals surface area contributed by atoms with E-state index in [9.17, 15) is 18.8 Å². The number of urea groups is 1. The number of nitrogens with zero attached hydrogens (tertiary/aromatic N) is 1. The summed E-state index contributed by atoms with van der Waals surface area (Å²) in [7, 11) is 0. The number of halogens is 1. The number of rotatable bonds is 3. The Morgan fingerprint density at radius 3 is 2.59 bits per heavy atom. The second kappa shape index (κ2) is 4.79. The highest BCUT2D eigenvalue weighted by Crippen LogP contribution is 2.42. The molecule has 1 atom stereocenters. The second-order valence-electron chi connectivity index (χ2n) is 5.96. The van der Waals surface area contributed by atoms with E-state index in [1.54, 1.807) is 0 Å². The zero-order chi connectivity index (χ0) is 16.1. The molecule has 2 N–H and O–H groups in total. The quantitative estimate of drug-likeness (QED) is 0.652. The van der Waals surface area contributed by atoms with E-state index in [0.717, 1.165) is 12.5 Å². The molecule has 1 unspecified atom stereocenters. The van der Waals surface area contributed by atoms with Gasteiger partial charge in [-0.1, -0.05) is 13.8 Å². The van der Waals surface area contributed by atoms with Gasteiger partial charge in [-0.25, -0.2) is 9.18 Å². The largest absolute Gasteiger partial charge is 0.323 e. The first-order chi connectivity index (χ1) is 10.4. The highest BCUT2D eigenvalue weighted by Gasteiger charge is 2.61. The van der Waals surface area contributed by atoms with E-state index in [1.165, 1.54) is 17.0 Å². The Bertz CT molecular complexity index is 689. The maximum atomic E-state index is 13.6. The molecule has 0 aromatic heterocycles. The van der Waals surface area contributed by atoms with Gasteiger partial charge in [-0.2, -0.15) is 0 Å². The predicted octanol–water partition coefficient (Wildman–Crippen LogP) is 1.25. The average molecular weight is 305 g/mol. The van der Waals surface area contributed by atoms with Gasteiger partial charge >= 0.3 is 6.03 Å². The van der Waals surface area contributed by atoms with Crippen LogP contribution in [0, 0.1) is 11.7 Å². The number of benzene rings is 1. The van der Waals surface area contributed by atoms with Crippen molar-refractivity contribution in [2.45, 2.75) is 25.8 Å². The molecule has 0 aliphatic carbocycles. The number of carbonyl (C=O) groups excluding carboxylic acids is 3. The zero-order valence-corrected chi connectivity index (χ0v) is 12.3. The van der Waals surface area contributed by atoms with Gasteiger partial charge in [0.15, 0.2) is 0 Å². The Hall–Kier alpha value is -2.44. The monoisotopic (exact) mass is 305 g/mol. The molecular weight excluding hydrogens is 289 g/mol. The number of amides is 4. The Balaban J connectivity index is 2.11. The van der Waals surface area contributed by atoms with Gasteiger partial charge in [0.05, 0.1) is 5.69 Å². The molecule has 6 nitrogen and oxygen atoms in total. The molecule has 1 aromatic carbocycles. The third-order valence-electron chi connectivity index (χ3n) is 4.02. The molecule has 1 fully saturated rings. The summed E-state index contributed by atoms with van der Waals surface area (Å²) in [6.07, 6.45) is 0.730. The van der Waals surface area contributed by atoms with Crippen molar-refractivity contribution in [3.63, 3.8) is 0 Å². The third kappa shape index (κ3) is 1.88. The summed E-state index contributed by atoms with van der Waals surface area (Å²) in [5.74, 6) is -1.51. The number of imide groups is 1. The lowest BCUT2D eigenvalue weighted by Gasteiger charge is -2.21. The van der Waals surface area contributed by atoms with E-state index in [4.69, 9.17) is 0 Å². The lowest BCUT2D eigenvalue weighted by atomic mass is 9.91. The first-order valence-corrected chi connectivity index (χ1v) is 7.12. The van der Waals surface area contributed by atoms with E-state index in [1.807, 2.05) is 13.8 Å². The van der Waals surface area contributed by atoms with Crippen LogP contribution in [0.1, 0.15) is 25.8 Å². The topological polar surface area (TPSA) is 78.5 Å². The smallest absolute Gasteiger partial charge is 0.312 e. The molecule has 4 amide bonds. The minimum atomic E-state index is -1.84. The van der Waals surface area contributed by atoms with Crippen LogP contribution in [0.3, 0.4) is 0 Å². The fourth-order valence-electron chi connectivity index (χ4n) is 2.88. The van der Waals surface area contributed by atoms with Crippen LogP contribution >= 0.6 is 0 Å². The predicted molar refractivity (Wildman–Crippen MR) is 76.6 cm³/mol. The molecule has 2 aliphatic rings. The van der Waals surface area contributed by atoms with E-state index < -0.39 is 29.2 Å². The molecule has 116 valence electrons. The van der Waals surface area contributed by atoms with Crippen molar-refractivity contribution in [1.29, 1.82) is 0 Å². The van der Waals surface area contributed by atoms with Crippen LogP contribution in [0.4, 0.5) is 14.9 Å². The maximum absolute atomic E-state index is 13.6. The standard InChI is InChI=1S/C15H16FN3O3/c1-8(2)5-6-19-11-4-3-9(16)7-10(11)15(13(19)21)12(20)17-14(22)18-15/h3-4,7-8H,5-6H2,1-2H3,(H2,17,18,20,22). The summed E-state index contributed by atoms with van der Waals surface area (Å²) >= 11 is 0. The number of anilines is 1. The van der Waals surface area contributed by atoms with E-state index in [-0.39, 0.29) is 5.56 Å². The molecule has 0 bridgehead atoms. The van der Waals surface area contributed by atoms with Crippen LogP contribution in [0.5, 0.6) is 0 Å². The van der Waals surface area contributed by atoms with Crippen LogP contribution in [0.15, 0.2) is 18.2 Å². The molecular formula is C15H16FN3O3. The molecule has 0 saturated carbocycles. The first-order valence-electron chi connectivity index (χ1n) is 7.12. The number of hydrogen-bond donors (Lipinski definition) is 2. The minimum absolute atomic E-state index is 0.185. The highest BCUT2D eigenvalue weighted by atomic mass is 19.1. The fraction of sp³-hybridized carbons (Fsp3) is 0.400. The summed E-state index contributed by atoms with van der Waals surface area (Å²) in [5.41, 5.74) is -1.19. The average Bonchev–Trinajstić information content (AvgIpc) is 2.86. The normalized spacial score (nSPS) is 23.3. The summed E-state index contributed by atoms with van der Waals surface area (Å²) in [4.78, 5) is 38.0. The molecule has 1 spiro atoms. The number of hydrogen-bond acceptors (Lipinski definition) is 3. The molecule has 1 aromatic rings. The van der Waals surface area contributed by atoms with Crippen LogP contribution in [0.2, 0.25) is 0 Å². The fourth-order valence-corrected chi connectivity index (χ4v) is 2.88. The molecule has 3 rings (SSSR count). The SMILES string of the molecule is CC(C)CCN1C(=O)C2(NC(=O)NC2=O)c2cc(F)ccc21. The van der Waals surface area contributed by atoms with Crippen molar-refractivity contribution in [3.05, 3.63) is 29.6 Å². The van der Waals surface area contributed by atoms with Crippen molar-refractivity contribution in [3.8, 4) is 0 Å². The Morgan fingerprint density at radius 1 is 1.27 bits per heavy atom. The van der Waals surface area contributed by atoms with Gasteiger partial charge < -0.3 is 10.2 Å². The Labute approximate surface area is 126 Å².